The first-order valence-electron chi connectivity index (χ1n) is 10.9. The quantitative estimate of drug-likeness (QED) is 0.337. The number of thioether (sulfide) groups is 1. The number of nitrogens with one attached hydrogen (secondary N) is 1. The summed E-state index contributed by atoms with van der Waals surface area (Å²) in [7, 11) is 0. The van der Waals surface area contributed by atoms with E-state index in [-0.39, 0.29) is 24.4 Å². The lowest BCUT2D eigenvalue weighted by molar-refractivity contribution is -0.113. The van der Waals surface area contributed by atoms with Crippen molar-refractivity contribution in [2.75, 3.05) is 24.3 Å². The zero-order valence-corrected chi connectivity index (χ0v) is 20.5. The molecule has 1 amide bonds. The maximum Gasteiger partial charge on any atom is 0.341 e. The Hall–Kier alpha value is -2.56. The van der Waals surface area contributed by atoms with E-state index in [4.69, 9.17) is 13.9 Å². The highest BCUT2D eigenvalue weighted by Crippen LogP contribution is 2.36. The van der Waals surface area contributed by atoms with Crippen molar-refractivity contribution in [1.82, 2.24) is 9.55 Å². The van der Waals surface area contributed by atoms with Gasteiger partial charge in [-0.2, -0.15) is 0 Å². The number of esters is 1. The van der Waals surface area contributed by atoms with Crippen molar-refractivity contribution >= 4 is 40.0 Å². The van der Waals surface area contributed by atoms with E-state index in [1.807, 2.05) is 13.8 Å². The van der Waals surface area contributed by atoms with E-state index in [1.54, 1.807) is 30.7 Å². The van der Waals surface area contributed by atoms with E-state index in [9.17, 15) is 9.59 Å². The van der Waals surface area contributed by atoms with Gasteiger partial charge >= 0.3 is 5.97 Å². The molecule has 33 heavy (non-hydrogen) atoms. The highest BCUT2D eigenvalue weighted by molar-refractivity contribution is 7.99. The molecule has 8 nitrogen and oxygen atoms in total. The topological polar surface area (TPSA) is 95.6 Å². The second-order valence-electron chi connectivity index (χ2n) is 7.70. The van der Waals surface area contributed by atoms with Crippen molar-refractivity contribution in [3.05, 3.63) is 40.7 Å². The van der Waals surface area contributed by atoms with E-state index < -0.39 is 5.97 Å². The molecule has 1 aliphatic heterocycles. The van der Waals surface area contributed by atoms with Crippen LogP contribution in [0, 0.1) is 13.8 Å². The maximum atomic E-state index is 12.8. The van der Waals surface area contributed by atoms with Gasteiger partial charge in [-0.25, -0.2) is 9.78 Å². The maximum absolute atomic E-state index is 12.8. The van der Waals surface area contributed by atoms with Gasteiger partial charge in [-0.3, -0.25) is 4.79 Å². The smallest absolute Gasteiger partial charge is 0.341 e. The van der Waals surface area contributed by atoms with Crippen LogP contribution in [0.4, 0.5) is 5.00 Å². The van der Waals surface area contributed by atoms with Crippen LogP contribution in [0.15, 0.2) is 33.3 Å². The fourth-order valence-electron chi connectivity index (χ4n) is 3.70. The predicted molar refractivity (Wildman–Crippen MR) is 128 cm³/mol. The lowest BCUT2D eigenvalue weighted by atomic mass is 10.1. The number of carbonyl (C=O) groups excluding carboxylic acids is 2. The summed E-state index contributed by atoms with van der Waals surface area (Å²) in [6, 6.07) is 3.52. The molecule has 176 valence electrons. The third kappa shape index (κ3) is 5.34. The Balaban J connectivity index is 1.47. The number of hydrogen-bond acceptors (Lipinski definition) is 8. The number of furan rings is 1. The van der Waals surface area contributed by atoms with Crippen LogP contribution < -0.4 is 5.32 Å². The molecule has 1 N–H and O–H groups in total. The molecule has 10 heteroatoms. The number of amides is 1. The molecular formula is C23H27N3O5S2. The standard InChI is InChI=1S/C23H27N3O5S2/c1-4-29-22(28)20-17(18-8-6-10-31-18)12-32-21(20)25-19(27)13-33-23-24-14(2)15(3)26(23)11-16-7-5-9-30-16/h6,8,10,12,16H,4-5,7,9,11,13H2,1-3H3,(H,25,27). The number of anilines is 1. The molecule has 0 spiro atoms. The summed E-state index contributed by atoms with van der Waals surface area (Å²) in [4.78, 5) is 30.1. The third-order valence-corrected chi connectivity index (χ3v) is 7.35. The number of ether oxygens (including phenoxy) is 2. The highest BCUT2D eigenvalue weighted by Gasteiger charge is 2.25. The number of carbonyl (C=O) groups is 2. The van der Waals surface area contributed by atoms with Crippen LogP contribution in [0.1, 0.15) is 41.5 Å². The molecule has 1 atom stereocenters. The van der Waals surface area contributed by atoms with Crippen molar-refractivity contribution in [3.8, 4) is 11.3 Å². The largest absolute Gasteiger partial charge is 0.464 e. The van der Waals surface area contributed by atoms with Gasteiger partial charge in [-0.05, 0) is 45.7 Å². The zero-order valence-electron chi connectivity index (χ0n) is 18.9. The Morgan fingerprint density at radius 2 is 2.24 bits per heavy atom. The molecule has 0 aromatic carbocycles. The van der Waals surface area contributed by atoms with Gasteiger partial charge in [0.1, 0.15) is 16.3 Å². The van der Waals surface area contributed by atoms with Crippen LogP contribution in [0.5, 0.6) is 0 Å². The van der Waals surface area contributed by atoms with Crippen LogP contribution in [-0.4, -0.2) is 46.5 Å². The number of hydrogen-bond donors (Lipinski definition) is 1. The summed E-state index contributed by atoms with van der Waals surface area (Å²) in [6.07, 6.45) is 3.84. The fourth-order valence-corrected chi connectivity index (χ4v) is 5.56. The average Bonchev–Trinajstić information content (AvgIpc) is 3.58. The normalized spacial score (nSPS) is 15.7. The van der Waals surface area contributed by atoms with Crippen molar-refractivity contribution in [1.29, 1.82) is 0 Å². The fraction of sp³-hybridized carbons (Fsp3) is 0.435. The number of thiophene rings is 1. The molecule has 3 aromatic heterocycles. The number of nitrogens with zero attached hydrogens (tertiary/aromatic N) is 2. The summed E-state index contributed by atoms with van der Waals surface area (Å²) in [5.74, 6) is -0.00406. The Labute approximate surface area is 200 Å². The van der Waals surface area contributed by atoms with E-state index in [0.29, 0.717) is 21.9 Å². The number of aryl methyl sites for hydroxylation is 1. The molecule has 1 fully saturated rings. The average molecular weight is 490 g/mol. The number of aromatic nitrogens is 2. The molecule has 0 saturated carbocycles. The van der Waals surface area contributed by atoms with E-state index in [2.05, 4.69) is 14.9 Å². The molecule has 4 heterocycles. The number of imidazole rings is 1. The molecule has 0 bridgehead atoms. The minimum Gasteiger partial charge on any atom is -0.464 e. The zero-order chi connectivity index (χ0) is 23.4. The van der Waals surface area contributed by atoms with Gasteiger partial charge in [0.15, 0.2) is 5.16 Å². The van der Waals surface area contributed by atoms with Crippen LogP contribution in [-0.2, 0) is 20.8 Å². The molecule has 0 aliphatic carbocycles. The SMILES string of the molecule is CCOC(=O)c1c(-c2ccco2)csc1NC(=O)CSc1nc(C)c(C)n1CC1CCCO1. The molecule has 0 radical (unpaired) electrons. The Morgan fingerprint density at radius 3 is 2.94 bits per heavy atom. The second kappa shape index (κ2) is 10.6. The van der Waals surface area contributed by atoms with Gasteiger partial charge in [-0.1, -0.05) is 11.8 Å². The minimum absolute atomic E-state index is 0.164. The van der Waals surface area contributed by atoms with Gasteiger partial charge < -0.3 is 23.8 Å². The summed E-state index contributed by atoms with van der Waals surface area (Å²) in [5.41, 5.74) is 2.94. The molecule has 3 aromatic rings. The lowest BCUT2D eigenvalue weighted by Gasteiger charge is -2.14. The molecule has 4 rings (SSSR count). The lowest BCUT2D eigenvalue weighted by Crippen LogP contribution is -2.18. The Bertz CT molecular complexity index is 1110. The van der Waals surface area contributed by atoms with Crippen LogP contribution in [0.25, 0.3) is 11.3 Å². The minimum atomic E-state index is -0.494. The van der Waals surface area contributed by atoms with Crippen molar-refractivity contribution in [2.24, 2.45) is 0 Å². The van der Waals surface area contributed by atoms with Crippen molar-refractivity contribution < 1.29 is 23.5 Å². The van der Waals surface area contributed by atoms with Crippen LogP contribution in [0.2, 0.25) is 0 Å². The third-order valence-electron chi connectivity index (χ3n) is 5.48. The molecule has 1 aliphatic rings. The van der Waals surface area contributed by atoms with E-state index in [1.165, 1.54) is 23.1 Å². The van der Waals surface area contributed by atoms with Crippen LogP contribution >= 0.6 is 23.1 Å². The van der Waals surface area contributed by atoms with E-state index >= 15 is 0 Å². The van der Waals surface area contributed by atoms with Crippen molar-refractivity contribution in [2.45, 2.75) is 51.4 Å². The van der Waals surface area contributed by atoms with Gasteiger partial charge in [-0.15, -0.1) is 11.3 Å². The summed E-state index contributed by atoms with van der Waals surface area (Å²) in [5, 5.41) is 5.90. The van der Waals surface area contributed by atoms with Crippen molar-refractivity contribution in [3.63, 3.8) is 0 Å². The highest BCUT2D eigenvalue weighted by atomic mass is 32.2. The van der Waals surface area contributed by atoms with Crippen LogP contribution in [0.3, 0.4) is 0 Å². The summed E-state index contributed by atoms with van der Waals surface area (Å²) < 4.78 is 18.6. The molecule has 1 unspecified atom stereocenters. The Kier molecular flexibility index (Phi) is 7.56. The first-order valence-corrected chi connectivity index (χ1v) is 12.7. The second-order valence-corrected chi connectivity index (χ2v) is 9.52. The molecular weight excluding hydrogens is 462 g/mol. The Morgan fingerprint density at radius 1 is 1.39 bits per heavy atom. The van der Waals surface area contributed by atoms with E-state index in [0.717, 1.165) is 42.5 Å². The monoisotopic (exact) mass is 489 g/mol. The van der Waals surface area contributed by atoms with Gasteiger partial charge in [0.2, 0.25) is 5.91 Å². The first kappa shape index (κ1) is 23.6. The van der Waals surface area contributed by atoms with Gasteiger partial charge in [0.25, 0.3) is 0 Å². The predicted octanol–water partition coefficient (Wildman–Crippen LogP) is 4.91. The van der Waals surface area contributed by atoms with Gasteiger partial charge in [0.05, 0.1) is 37.0 Å². The first-order chi connectivity index (χ1) is 16.0. The summed E-state index contributed by atoms with van der Waals surface area (Å²) >= 11 is 2.65. The number of rotatable bonds is 9. The molecule has 1 saturated heterocycles. The van der Waals surface area contributed by atoms with Gasteiger partial charge in [0, 0.05) is 23.2 Å². The summed E-state index contributed by atoms with van der Waals surface area (Å²) in [6.45, 7) is 7.52.